The Morgan fingerprint density at radius 2 is 2.00 bits per heavy atom. The van der Waals surface area contributed by atoms with Crippen molar-refractivity contribution in [1.29, 1.82) is 0 Å². The van der Waals surface area contributed by atoms with E-state index in [1.165, 1.54) is 10.9 Å². The van der Waals surface area contributed by atoms with Gasteiger partial charge in [0.2, 0.25) is 0 Å². The lowest BCUT2D eigenvalue weighted by atomic mass is 10.2. The largest absolute Gasteiger partial charge is 0.493 e. The number of ether oxygens (including phenoxy) is 1. The Bertz CT molecular complexity index is 694. The van der Waals surface area contributed by atoms with Gasteiger partial charge in [-0.15, -0.1) is 5.10 Å². The number of carboxylic acids is 1. The van der Waals surface area contributed by atoms with Gasteiger partial charge in [-0.2, -0.15) is 0 Å². The van der Waals surface area contributed by atoms with E-state index in [0.29, 0.717) is 23.8 Å². The smallest absolute Gasteiger partial charge is 0.325 e. The Hall–Kier alpha value is -2.90. The second-order valence-corrected chi connectivity index (χ2v) is 5.71. The Labute approximate surface area is 139 Å². The third kappa shape index (κ3) is 5.38. The Morgan fingerprint density at radius 1 is 1.29 bits per heavy atom. The lowest BCUT2D eigenvalue weighted by molar-refractivity contribution is -0.137. The van der Waals surface area contributed by atoms with E-state index in [9.17, 15) is 9.59 Å². The minimum Gasteiger partial charge on any atom is -0.493 e. The summed E-state index contributed by atoms with van der Waals surface area (Å²) < 4.78 is 6.76. The predicted octanol–water partition coefficient (Wildman–Crippen LogP) is 1.33. The Morgan fingerprint density at radius 3 is 2.62 bits per heavy atom. The summed E-state index contributed by atoms with van der Waals surface area (Å²) >= 11 is 0. The van der Waals surface area contributed by atoms with Crippen LogP contribution in [0.4, 0.5) is 0 Å². The van der Waals surface area contributed by atoms with Crippen LogP contribution in [0, 0.1) is 5.92 Å². The fourth-order valence-corrected chi connectivity index (χ4v) is 1.87. The van der Waals surface area contributed by atoms with E-state index in [2.05, 4.69) is 29.5 Å². The van der Waals surface area contributed by atoms with E-state index in [1.807, 2.05) is 0 Å². The number of amides is 1. The molecular formula is C16H20N4O4. The fraction of sp³-hybridized carbons (Fsp3) is 0.375. The summed E-state index contributed by atoms with van der Waals surface area (Å²) in [5, 5.41) is 18.8. The van der Waals surface area contributed by atoms with Gasteiger partial charge in [0.05, 0.1) is 19.3 Å². The lowest BCUT2D eigenvalue weighted by Gasteiger charge is -2.09. The predicted molar refractivity (Wildman–Crippen MR) is 85.6 cm³/mol. The van der Waals surface area contributed by atoms with E-state index < -0.39 is 5.97 Å². The summed E-state index contributed by atoms with van der Waals surface area (Å²) in [4.78, 5) is 22.7. The van der Waals surface area contributed by atoms with Crippen molar-refractivity contribution in [2.24, 2.45) is 5.92 Å². The average Bonchev–Trinajstić information content (AvgIpc) is 2.97. The summed E-state index contributed by atoms with van der Waals surface area (Å²) in [6, 6.07) is 6.87. The molecule has 1 heterocycles. The zero-order chi connectivity index (χ0) is 17.5. The highest BCUT2D eigenvalue weighted by Gasteiger charge is 2.08. The molecule has 0 saturated heterocycles. The molecule has 0 aliphatic rings. The zero-order valence-electron chi connectivity index (χ0n) is 13.6. The summed E-state index contributed by atoms with van der Waals surface area (Å²) in [7, 11) is 0. The Kier molecular flexibility index (Phi) is 5.89. The van der Waals surface area contributed by atoms with Crippen LogP contribution in [0.5, 0.6) is 5.75 Å². The molecule has 0 unspecified atom stereocenters. The second-order valence-electron chi connectivity index (χ2n) is 5.71. The quantitative estimate of drug-likeness (QED) is 0.755. The molecule has 1 aromatic heterocycles. The molecule has 2 aromatic rings. The first-order valence-electron chi connectivity index (χ1n) is 7.56. The first-order valence-corrected chi connectivity index (χ1v) is 7.56. The van der Waals surface area contributed by atoms with Crippen molar-refractivity contribution < 1.29 is 19.4 Å². The maximum Gasteiger partial charge on any atom is 0.325 e. The molecule has 1 amide bonds. The number of rotatable bonds is 8. The zero-order valence-corrected chi connectivity index (χ0v) is 13.6. The number of carbonyl (C=O) groups is 2. The van der Waals surface area contributed by atoms with Crippen LogP contribution in [0.15, 0.2) is 30.5 Å². The molecule has 8 heteroatoms. The van der Waals surface area contributed by atoms with Crippen LogP contribution in [0.2, 0.25) is 0 Å². The molecule has 2 rings (SSSR count). The van der Waals surface area contributed by atoms with Gasteiger partial charge in [-0.3, -0.25) is 9.59 Å². The van der Waals surface area contributed by atoms with Crippen molar-refractivity contribution in [2.75, 3.05) is 6.61 Å². The van der Waals surface area contributed by atoms with Crippen LogP contribution < -0.4 is 10.1 Å². The van der Waals surface area contributed by atoms with Crippen molar-refractivity contribution in [3.8, 4) is 5.75 Å². The van der Waals surface area contributed by atoms with E-state index >= 15 is 0 Å². The summed E-state index contributed by atoms with van der Waals surface area (Å²) in [6.07, 6.45) is 1.48. The maximum atomic E-state index is 12.1. The van der Waals surface area contributed by atoms with Gasteiger partial charge in [0.15, 0.2) is 0 Å². The van der Waals surface area contributed by atoms with Gasteiger partial charge in [0.1, 0.15) is 18.0 Å². The number of nitrogens with one attached hydrogen (secondary N) is 1. The fourth-order valence-electron chi connectivity index (χ4n) is 1.87. The Balaban J connectivity index is 1.85. The van der Waals surface area contributed by atoms with Crippen LogP contribution in [0.25, 0.3) is 0 Å². The van der Waals surface area contributed by atoms with Crippen molar-refractivity contribution >= 4 is 11.9 Å². The number of aliphatic carboxylic acids is 1. The van der Waals surface area contributed by atoms with Crippen LogP contribution >= 0.6 is 0 Å². The number of aromatic nitrogens is 3. The van der Waals surface area contributed by atoms with Crippen molar-refractivity contribution in [2.45, 2.75) is 26.9 Å². The van der Waals surface area contributed by atoms with E-state index in [0.717, 1.165) is 5.75 Å². The highest BCUT2D eigenvalue weighted by Crippen LogP contribution is 2.13. The van der Waals surface area contributed by atoms with Crippen molar-refractivity contribution in [1.82, 2.24) is 20.3 Å². The summed E-state index contributed by atoms with van der Waals surface area (Å²) in [5.41, 5.74) is 0.992. The lowest BCUT2D eigenvalue weighted by Crippen LogP contribution is -2.22. The number of carboxylic acid groups (broad SMARTS) is 1. The molecule has 24 heavy (non-hydrogen) atoms. The van der Waals surface area contributed by atoms with Crippen LogP contribution in [0.1, 0.15) is 29.9 Å². The molecule has 0 aliphatic carbocycles. The minimum atomic E-state index is -1.00. The molecule has 0 fully saturated rings. The molecule has 0 aliphatic heterocycles. The normalized spacial score (nSPS) is 10.6. The maximum absolute atomic E-state index is 12.1. The van der Waals surface area contributed by atoms with Gasteiger partial charge in [0, 0.05) is 5.56 Å². The minimum absolute atomic E-state index is 0.171. The molecule has 0 bridgehead atoms. The van der Waals surface area contributed by atoms with Crippen molar-refractivity contribution in [3.05, 3.63) is 41.7 Å². The van der Waals surface area contributed by atoms with E-state index in [-0.39, 0.29) is 19.0 Å². The SMILES string of the molecule is CC(C)COc1ccc(C(=O)NCc2cn(CC(=O)O)nn2)cc1. The van der Waals surface area contributed by atoms with Gasteiger partial charge in [-0.05, 0) is 30.2 Å². The first kappa shape index (κ1) is 17.5. The summed E-state index contributed by atoms with van der Waals surface area (Å²) in [6.45, 7) is 4.66. The molecule has 0 saturated carbocycles. The van der Waals surface area contributed by atoms with Gasteiger partial charge in [0.25, 0.3) is 5.91 Å². The number of hydrogen-bond acceptors (Lipinski definition) is 5. The van der Waals surface area contributed by atoms with Gasteiger partial charge in [-0.25, -0.2) is 4.68 Å². The third-order valence-electron chi connectivity index (χ3n) is 3.01. The van der Waals surface area contributed by atoms with Crippen LogP contribution in [0.3, 0.4) is 0 Å². The van der Waals surface area contributed by atoms with E-state index in [4.69, 9.17) is 9.84 Å². The molecular weight excluding hydrogens is 312 g/mol. The van der Waals surface area contributed by atoms with Crippen LogP contribution in [-0.2, 0) is 17.9 Å². The standard InChI is InChI=1S/C16H20N4O4/c1-11(2)10-24-14-5-3-12(4-6-14)16(23)17-7-13-8-20(19-18-13)9-15(21)22/h3-6,8,11H,7,9-10H2,1-2H3,(H,17,23)(H,21,22). The third-order valence-corrected chi connectivity index (χ3v) is 3.01. The molecule has 1 aromatic carbocycles. The number of hydrogen-bond donors (Lipinski definition) is 2. The molecule has 2 N–H and O–H groups in total. The molecule has 0 spiro atoms. The monoisotopic (exact) mass is 332 g/mol. The number of nitrogens with zero attached hydrogens (tertiary/aromatic N) is 3. The van der Waals surface area contributed by atoms with Crippen molar-refractivity contribution in [3.63, 3.8) is 0 Å². The van der Waals surface area contributed by atoms with Gasteiger partial charge >= 0.3 is 5.97 Å². The second kappa shape index (κ2) is 8.09. The summed E-state index contributed by atoms with van der Waals surface area (Å²) in [5.74, 6) is -0.104. The highest BCUT2D eigenvalue weighted by molar-refractivity contribution is 5.94. The van der Waals surface area contributed by atoms with Gasteiger partial charge < -0.3 is 15.2 Å². The first-order chi connectivity index (χ1) is 11.4. The van der Waals surface area contributed by atoms with E-state index in [1.54, 1.807) is 24.3 Å². The number of benzene rings is 1. The molecule has 0 radical (unpaired) electrons. The molecule has 8 nitrogen and oxygen atoms in total. The molecule has 0 atom stereocenters. The number of carbonyl (C=O) groups excluding carboxylic acids is 1. The average molecular weight is 332 g/mol. The topological polar surface area (TPSA) is 106 Å². The molecule has 128 valence electrons. The highest BCUT2D eigenvalue weighted by atomic mass is 16.5. The van der Waals surface area contributed by atoms with Crippen LogP contribution in [-0.4, -0.2) is 38.6 Å². The van der Waals surface area contributed by atoms with Gasteiger partial charge in [-0.1, -0.05) is 19.1 Å².